The van der Waals surface area contributed by atoms with Crippen molar-refractivity contribution < 1.29 is 27.5 Å². The minimum absolute atomic E-state index is 0.0160. The molecule has 1 aliphatic rings. The van der Waals surface area contributed by atoms with Crippen molar-refractivity contribution >= 4 is 27.9 Å². The number of carbonyl (C=O) groups is 3. The summed E-state index contributed by atoms with van der Waals surface area (Å²) in [6.45, 7) is 3.34. The number of esters is 1. The monoisotopic (exact) mass is 425 g/mol. The van der Waals surface area contributed by atoms with Gasteiger partial charge in [0.1, 0.15) is 0 Å². The molecule has 0 bridgehead atoms. The molecule has 0 radical (unpaired) electrons. The largest absolute Gasteiger partial charge is 0.452 e. The summed E-state index contributed by atoms with van der Waals surface area (Å²) in [5.74, 6) is -1.19. The third-order valence-corrected chi connectivity index (χ3v) is 6.31. The summed E-state index contributed by atoms with van der Waals surface area (Å²) in [5, 5.41) is 4.92. The molecular formula is C19H27N3O6S. The van der Waals surface area contributed by atoms with Crippen molar-refractivity contribution in [3.63, 3.8) is 0 Å². The molecule has 0 spiro atoms. The highest BCUT2D eigenvalue weighted by Gasteiger charge is 2.23. The van der Waals surface area contributed by atoms with Crippen LogP contribution in [0.15, 0.2) is 29.2 Å². The van der Waals surface area contributed by atoms with Crippen LogP contribution in [0.3, 0.4) is 0 Å². The number of hydrogen-bond acceptors (Lipinski definition) is 6. The lowest BCUT2D eigenvalue weighted by molar-refractivity contribution is -0.123. The van der Waals surface area contributed by atoms with Crippen LogP contribution in [0.2, 0.25) is 0 Å². The fourth-order valence-corrected chi connectivity index (χ4v) is 4.20. The van der Waals surface area contributed by atoms with Gasteiger partial charge in [-0.1, -0.05) is 26.7 Å². The summed E-state index contributed by atoms with van der Waals surface area (Å²) >= 11 is 0. The second-order valence-corrected chi connectivity index (χ2v) is 8.76. The fourth-order valence-electron chi connectivity index (χ4n) is 3.16. The predicted octanol–water partition coefficient (Wildman–Crippen LogP) is 1.55. The zero-order valence-corrected chi connectivity index (χ0v) is 17.4. The van der Waals surface area contributed by atoms with E-state index in [0.29, 0.717) is 5.92 Å². The van der Waals surface area contributed by atoms with E-state index in [9.17, 15) is 22.8 Å². The molecule has 0 aromatic heterocycles. The van der Waals surface area contributed by atoms with Gasteiger partial charge in [0.15, 0.2) is 6.61 Å². The number of urea groups is 1. The molecule has 1 aromatic carbocycles. The molecular weight excluding hydrogens is 398 g/mol. The molecule has 10 heteroatoms. The number of nitrogens with one attached hydrogen (secondary N) is 3. The zero-order valence-electron chi connectivity index (χ0n) is 16.6. The highest BCUT2D eigenvalue weighted by Crippen LogP contribution is 2.23. The van der Waals surface area contributed by atoms with Crippen molar-refractivity contribution in [3.05, 3.63) is 29.8 Å². The Kier molecular flexibility index (Phi) is 8.15. The number of sulfonamides is 1. The fraction of sp³-hybridized carbons (Fsp3) is 0.526. The topological polar surface area (TPSA) is 131 Å². The lowest BCUT2D eigenvalue weighted by Gasteiger charge is -2.29. The number of hydrogen-bond donors (Lipinski definition) is 3. The Bertz CT molecular complexity index is 838. The first kappa shape index (κ1) is 22.8. The van der Waals surface area contributed by atoms with E-state index in [4.69, 9.17) is 4.74 Å². The van der Waals surface area contributed by atoms with E-state index in [-0.39, 0.29) is 23.0 Å². The molecule has 29 heavy (non-hydrogen) atoms. The van der Waals surface area contributed by atoms with Crippen molar-refractivity contribution in [2.75, 3.05) is 13.2 Å². The third kappa shape index (κ3) is 6.82. The Morgan fingerprint density at radius 3 is 2.38 bits per heavy atom. The van der Waals surface area contributed by atoms with Crippen molar-refractivity contribution in [1.82, 2.24) is 15.4 Å². The van der Waals surface area contributed by atoms with Crippen LogP contribution in [-0.4, -0.2) is 45.5 Å². The minimum atomic E-state index is -3.62. The van der Waals surface area contributed by atoms with Gasteiger partial charge in [0.05, 0.1) is 10.5 Å². The summed E-state index contributed by atoms with van der Waals surface area (Å²) in [6, 6.07) is 4.54. The smallest absolute Gasteiger partial charge is 0.338 e. The molecule has 9 nitrogen and oxygen atoms in total. The Balaban J connectivity index is 1.80. The molecule has 3 amide bonds. The molecule has 0 saturated heterocycles. The van der Waals surface area contributed by atoms with E-state index in [2.05, 4.69) is 22.3 Å². The van der Waals surface area contributed by atoms with Crippen LogP contribution < -0.4 is 15.4 Å². The third-order valence-electron chi connectivity index (χ3n) is 4.75. The van der Waals surface area contributed by atoms with Gasteiger partial charge in [0.2, 0.25) is 10.0 Å². The van der Waals surface area contributed by atoms with Gasteiger partial charge in [0, 0.05) is 12.6 Å². The standard InChI is InChI=1S/C19H27N3O6S/c1-3-20-29(26,27)15-10-8-14(9-11-15)18(24)28-12-17(23)22-19(25)21-16-7-5-4-6-13(16)2/h8-11,13,16,20H,3-7,12H2,1-2H3,(H2,21,22,23,25). The Morgan fingerprint density at radius 1 is 1.10 bits per heavy atom. The van der Waals surface area contributed by atoms with Crippen molar-refractivity contribution in [1.29, 1.82) is 0 Å². The van der Waals surface area contributed by atoms with Crippen molar-refractivity contribution in [2.24, 2.45) is 5.92 Å². The molecule has 1 saturated carbocycles. The quantitative estimate of drug-likeness (QED) is 0.568. The number of imide groups is 1. The summed E-state index contributed by atoms with van der Waals surface area (Å²) in [4.78, 5) is 35.8. The maximum absolute atomic E-state index is 12.0. The number of carbonyl (C=O) groups excluding carboxylic acids is 3. The average molecular weight is 426 g/mol. The SMILES string of the molecule is CCNS(=O)(=O)c1ccc(C(=O)OCC(=O)NC(=O)NC2CCCCC2C)cc1. The van der Waals surface area contributed by atoms with Gasteiger partial charge in [0.25, 0.3) is 5.91 Å². The van der Waals surface area contributed by atoms with Gasteiger partial charge in [-0.05, 0) is 43.0 Å². The molecule has 2 atom stereocenters. The zero-order chi connectivity index (χ0) is 21.4. The second-order valence-electron chi connectivity index (χ2n) is 6.99. The van der Waals surface area contributed by atoms with Crippen LogP contribution in [0.5, 0.6) is 0 Å². The van der Waals surface area contributed by atoms with Gasteiger partial charge >= 0.3 is 12.0 Å². The summed E-state index contributed by atoms with van der Waals surface area (Å²) in [6.07, 6.45) is 4.08. The van der Waals surface area contributed by atoms with Gasteiger partial charge in [-0.3, -0.25) is 10.1 Å². The molecule has 1 aromatic rings. The Hall–Kier alpha value is -2.46. The maximum atomic E-state index is 12.0. The van der Waals surface area contributed by atoms with Crippen LogP contribution in [0.4, 0.5) is 4.79 Å². The maximum Gasteiger partial charge on any atom is 0.338 e. The summed E-state index contributed by atoms with van der Waals surface area (Å²) in [5.41, 5.74) is 0.0914. The summed E-state index contributed by atoms with van der Waals surface area (Å²) in [7, 11) is -3.62. The van der Waals surface area contributed by atoms with E-state index >= 15 is 0 Å². The molecule has 3 N–H and O–H groups in total. The minimum Gasteiger partial charge on any atom is -0.452 e. The molecule has 0 aliphatic heterocycles. The Labute approximate surface area is 170 Å². The Morgan fingerprint density at radius 2 is 1.76 bits per heavy atom. The van der Waals surface area contributed by atoms with Crippen LogP contribution in [0.1, 0.15) is 49.9 Å². The number of amides is 3. The molecule has 2 unspecified atom stereocenters. The van der Waals surface area contributed by atoms with Crippen molar-refractivity contribution in [2.45, 2.75) is 50.5 Å². The molecule has 0 heterocycles. The van der Waals surface area contributed by atoms with Gasteiger partial charge < -0.3 is 10.1 Å². The molecule has 1 fully saturated rings. The molecule has 160 valence electrons. The number of ether oxygens (including phenoxy) is 1. The van der Waals surface area contributed by atoms with Crippen LogP contribution >= 0.6 is 0 Å². The number of benzene rings is 1. The predicted molar refractivity (Wildman–Crippen MR) is 106 cm³/mol. The highest BCUT2D eigenvalue weighted by molar-refractivity contribution is 7.89. The molecule has 1 aliphatic carbocycles. The van der Waals surface area contributed by atoms with Gasteiger partial charge in [-0.2, -0.15) is 0 Å². The van der Waals surface area contributed by atoms with Crippen LogP contribution in [-0.2, 0) is 19.6 Å². The molecule has 2 rings (SSSR count). The first-order valence-electron chi connectivity index (χ1n) is 9.60. The highest BCUT2D eigenvalue weighted by atomic mass is 32.2. The average Bonchev–Trinajstić information content (AvgIpc) is 2.68. The first-order valence-corrected chi connectivity index (χ1v) is 11.1. The van der Waals surface area contributed by atoms with Crippen LogP contribution in [0, 0.1) is 5.92 Å². The lowest BCUT2D eigenvalue weighted by Crippen LogP contribution is -2.48. The normalized spacial score (nSPS) is 19.2. The lowest BCUT2D eigenvalue weighted by atomic mass is 9.86. The van der Waals surface area contributed by atoms with Crippen LogP contribution in [0.25, 0.3) is 0 Å². The van der Waals surface area contributed by atoms with E-state index in [1.807, 2.05) is 0 Å². The van der Waals surface area contributed by atoms with E-state index in [1.54, 1.807) is 6.92 Å². The second kappa shape index (κ2) is 10.4. The van der Waals surface area contributed by atoms with E-state index < -0.39 is 34.5 Å². The van der Waals surface area contributed by atoms with Gasteiger partial charge in [-0.25, -0.2) is 22.7 Å². The number of rotatable bonds is 7. The van der Waals surface area contributed by atoms with Crippen molar-refractivity contribution in [3.8, 4) is 0 Å². The van der Waals surface area contributed by atoms with Gasteiger partial charge in [-0.15, -0.1) is 0 Å². The first-order chi connectivity index (χ1) is 13.7. The van der Waals surface area contributed by atoms with E-state index in [0.717, 1.165) is 25.7 Å². The summed E-state index contributed by atoms with van der Waals surface area (Å²) < 4.78 is 31.0. The van der Waals surface area contributed by atoms with E-state index in [1.165, 1.54) is 24.3 Å².